The highest BCUT2D eigenvalue weighted by Crippen LogP contribution is 2.35. The van der Waals surface area contributed by atoms with Crippen molar-refractivity contribution in [2.45, 2.75) is 32.9 Å². The number of benzene rings is 2. The highest BCUT2D eigenvalue weighted by molar-refractivity contribution is 6.42. The number of hydrogen-bond acceptors (Lipinski definition) is 5. The van der Waals surface area contributed by atoms with Crippen molar-refractivity contribution >= 4 is 41.1 Å². The molecule has 0 bridgehead atoms. The van der Waals surface area contributed by atoms with Crippen LogP contribution in [0.1, 0.15) is 42.7 Å². The van der Waals surface area contributed by atoms with Gasteiger partial charge < -0.3 is 15.0 Å². The lowest BCUT2D eigenvalue weighted by Crippen LogP contribution is -2.56. The first-order valence-electron chi connectivity index (χ1n) is 12.8. The molecular weight excluding hydrogens is 527 g/mol. The zero-order chi connectivity index (χ0) is 27.4. The van der Waals surface area contributed by atoms with E-state index in [1.54, 1.807) is 30.0 Å². The number of amides is 3. The number of carbonyl (C=O) groups excluding carboxylic acids is 3. The summed E-state index contributed by atoms with van der Waals surface area (Å²) in [5.41, 5.74) is 2.24. The van der Waals surface area contributed by atoms with Crippen LogP contribution in [0.2, 0.25) is 10.0 Å². The van der Waals surface area contributed by atoms with Crippen molar-refractivity contribution in [3.8, 4) is 0 Å². The van der Waals surface area contributed by atoms with Crippen LogP contribution in [-0.4, -0.2) is 78.0 Å². The van der Waals surface area contributed by atoms with Gasteiger partial charge in [-0.05, 0) is 50.6 Å². The van der Waals surface area contributed by atoms with Crippen LogP contribution >= 0.6 is 23.2 Å². The fourth-order valence-corrected chi connectivity index (χ4v) is 5.34. The molecule has 2 aromatic rings. The van der Waals surface area contributed by atoms with Gasteiger partial charge in [-0.3, -0.25) is 14.6 Å². The Labute approximate surface area is 233 Å². The van der Waals surface area contributed by atoms with E-state index in [0.29, 0.717) is 65.2 Å². The van der Waals surface area contributed by atoms with E-state index in [-0.39, 0.29) is 24.6 Å². The van der Waals surface area contributed by atoms with Crippen LogP contribution in [0.15, 0.2) is 59.8 Å². The average Bonchev–Trinajstić information content (AvgIpc) is 2.90. The SMILES string of the molecule is CCOC(=O)C1=C(CN2CCN(C(=O)c3ccccc3)C(C)C2)N(CC)C(=O)NC1c1ccc(Cl)c(Cl)c1. The van der Waals surface area contributed by atoms with Gasteiger partial charge >= 0.3 is 12.0 Å². The third-order valence-corrected chi connectivity index (χ3v) is 7.63. The molecule has 1 saturated heterocycles. The van der Waals surface area contributed by atoms with Crippen molar-refractivity contribution in [2.75, 3.05) is 39.3 Å². The minimum atomic E-state index is -0.743. The highest BCUT2D eigenvalue weighted by Gasteiger charge is 2.39. The number of nitrogens with one attached hydrogen (secondary N) is 1. The maximum Gasteiger partial charge on any atom is 0.338 e. The predicted octanol–water partition coefficient (Wildman–Crippen LogP) is 4.74. The predicted molar refractivity (Wildman–Crippen MR) is 147 cm³/mol. The molecular formula is C28H32Cl2N4O4. The molecule has 1 N–H and O–H groups in total. The Bertz CT molecular complexity index is 1240. The molecule has 0 aromatic heterocycles. The second-order valence-electron chi connectivity index (χ2n) is 9.33. The number of likely N-dealkylation sites (N-methyl/N-ethyl adjacent to an activating group) is 1. The summed E-state index contributed by atoms with van der Waals surface area (Å²) < 4.78 is 5.45. The minimum Gasteiger partial charge on any atom is -0.463 e. The molecule has 3 amide bonds. The maximum atomic E-state index is 13.3. The summed E-state index contributed by atoms with van der Waals surface area (Å²) in [7, 11) is 0. The van der Waals surface area contributed by atoms with Crippen LogP contribution in [0.25, 0.3) is 0 Å². The van der Waals surface area contributed by atoms with Gasteiger partial charge in [0.25, 0.3) is 5.91 Å². The van der Waals surface area contributed by atoms with E-state index in [1.165, 1.54) is 0 Å². The molecule has 202 valence electrons. The number of ether oxygens (including phenoxy) is 1. The normalized spacial score (nSPS) is 20.4. The van der Waals surface area contributed by atoms with Gasteiger partial charge in [-0.2, -0.15) is 0 Å². The largest absolute Gasteiger partial charge is 0.463 e. The molecule has 0 spiro atoms. The lowest BCUT2D eigenvalue weighted by molar-refractivity contribution is -0.139. The summed E-state index contributed by atoms with van der Waals surface area (Å²) in [5.74, 6) is -0.501. The monoisotopic (exact) mass is 558 g/mol. The van der Waals surface area contributed by atoms with Crippen molar-refractivity contribution in [1.29, 1.82) is 0 Å². The van der Waals surface area contributed by atoms with Gasteiger partial charge in [-0.1, -0.05) is 47.5 Å². The number of carbonyl (C=O) groups is 3. The number of halogens is 2. The molecule has 2 atom stereocenters. The number of piperazine rings is 1. The van der Waals surface area contributed by atoms with E-state index in [0.717, 1.165) is 0 Å². The average molecular weight is 559 g/mol. The second kappa shape index (κ2) is 12.2. The zero-order valence-corrected chi connectivity index (χ0v) is 23.3. The quantitative estimate of drug-likeness (QED) is 0.496. The molecule has 38 heavy (non-hydrogen) atoms. The Kier molecular flexibility index (Phi) is 8.97. The number of urea groups is 1. The molecule has 8 nitrogen and oxygen atoms in total. The van der Waals surface area contributed by atoms with Crippen molar-refractivity contribution in [2.24, 2.45) is 0 Å². The number of hydrogen-bond donors (Lipinski definition) is 1. The number of esters is 1. The van der Waals surface area contributed by atoms with Gasteiger partial charge in [0, 0.05) is 50.0 Å². The first kappa shape index (κ1) is 28.0. The van der Waals surface area contributed by atoms with E-state index >= 15 is 0 Å². The summed E-state index contributed by atoms with van der Waals surface area (Å²) in [6.45, 7) is 8.26. The molecule has 10 heteroatoms. The summed E-state index contributed by atoms with van der Waals surface area (Å²) in [6.07, 6.45) is 0. The van der Waals surface area contributed by atoms with Crippen LogP contribution < -0.4 is 5.32 Å². The summed E-state index contributed by atoms with van der Waals surface area (Å²) in [5, 5.41) is 3.65. The van der Waals surface area contributed by atoms with Crippen molar-refractivity contribution < 1.29 is 19.1 Å². The summed E-state index contributed by atoms with van der Waals surface area (Å²) in [4.78, 5) is 45.2. The standard InChI is InChI=1S/C28H32Cl2N4O4/c1-4-33-23(17-32-13-14-34(18(3)16-32)26(35)19-9-7-6-8-10-19)24(27(36)38-5-2)25(31-28(33)37)20-11-12-21(29)22(30)15-20/h6-12,15,18,25H,4-5,13-14,16-17H2,1-3H3,(H,31,37). The van der Waals surface area contributed by atoms with Gasteiger partial charge in [-0.25, -0.2) is 9.59 Å². The molecule has 2 aromatic carbocycles. The fraction of sp³-hybridized carbons (Fsp3) is 0.393. The van der Waals surface area contributed by atoms with Crippen molar-refractivity contribution in [1.82, 2.24) is 20.0 Å². The zero-order valence-electron chi connectivity index (χ0n) is 21.7. The lowest BCUT2D eigenvalue weighted by Gasteiger charge is -2.43. The third-order valence-electron chi connectivity index (χ3n) is 6.89. The van der Waals surface area contributed by atoms with Crippen LogP contribution in [0.5, 0.6) is 0 Å². The fourth-order valence-electron chi connectivity index (χ4n) is 5.04. The molecule has 1 fully saturated rings. The Morgan fingerprint density at radius 1 is 1.05 bits per heavy atom. The van der Waals surface area contributed by atoms with Crippen molar-refractivity contribution in [3.63, 3.8) is 0 Å². The van der Waals surface area contributed by atoms with E-state index in [9.17, 15) is 14.4 Å². The topological polar surface area (TPSA) is 82.2 Å². The Balaban J connectivity index is 1.65. The smallest absolute Gasteiger partial charge is 0.338 e. The third kappa shape index (κ3) is 5.82. The van der Waals surface area contributed by atoms with Gasteiger partial charge in [0.1, 0.15) is 0 Å². The molecule has 0 aliphatic carbocycles. The Morgan fingerprint density at radius 3 is 2.42 bits per heavy atom. The lowest BCUT2D eigenvalue weighted by atomic mass is 9.94. The summed E-state index contributed by atoms with van der Waals surface area (Å²) in [6, 6.07) is 13.2. The second-order valence-corrected chi connectivity index (χ2v) is 10.1. The van der Waals surface area contributed by atoms with Gasteiger partial charge in [-0.15, -0.1) is 0 Å². The maximum absolute atomic E-state index is 13.3. The first-order valence-corrected chi connectivity index (χ1v) is 13.5. The van der Waals surface area contributed by atoms with Crippen LogP contribution in [0, 0.1) is 0 Å². The van der Waals surface area contributed by atoms with Crippen LogP contribution in [-0.2, 0) is 9.53 Å². The Hall–Kier alpha value is -3.07. The summed E-state index contributed by atoms with van der Waals surface area (Å²) >= 11 is 12.4. The first-order chi connectivity index (χ1) is 18.2. The molecule has 2 aliphatic rings. The number of rotatable bonds is 7. The van der Waals surface area contributed by atoms with Gasteiger partial charge in [0.05, 0.1) is 28.3 Å². The molecule has 2 heterocycles. The van der Waals surface area contributed by atoms with Gasteiger partial charge in [0.15, 0.2) is 0 Å². The van der Waals surface area contributed by atoms with E-state index < -0.39 is 12.0 Å². The van der Waals surface area contributed by atoms with Gasteiger partial charge in [0.2, 0.25) is 0 Å². The van der Waals surface area contributed by atoms with Crippen molar-refractivity contribution in [3.05, 3.63) is 81.0 Å². The number of nitrogens with zero attached hydrogens (tertiary/aromatic N) is 3. The molecule has 2 unspecified atom stereocenters. The molecule has 2 aliphatic heterocycles. The highest BCUT2D eigenvalue weighted by atomic mass is 35.5. The van der Waals surface area contributed by atoms with E-state index in [4.69, 9.17) is 27.9 Å². The molecule has 0 saturated carbocycles. The molecule has 4 rings (SSSR count). The molecule has 0 radical (unpaired) electrons. The minimum absolute atomic E-state index is 0.00362. The van der Waals surface area contributed by atoms with Crippen LogP contribution in [0.4, 0.5) is 4.79 Å². The Morgan fingerprint density at radius 2 is 1.79 bits per heavy atom. The van der Waals surface area contributed by atoms with E-state index in [1.807, 2.05) is 49.1 Å². The van der Waals surface area contributed by atoms with Crippen LogP contribution in [0.3, 0.4) is 0 Å². The van der Waals surface area contributed by atoms with E-state index in [2.05, 4.69) is 10.2 Å².